The summed E-state index contributed by atoms with van der Waals surface area (Å²) >= 11 is 0. The smallest absolute Gasteiger partial charge is 0.306 e. The molecule has 1 saturated heterocycles. The number of aliphatic hydroxyl groups is 1. The Morgan fingerprint density at radius 2 is 1.20 bits per heavy atom. The molecule has 50 heavy (non-hydrogen) atoms. The van der Waals surface area contributed by atoms with Gasteiger partial charge in [-0.3, -0.25) is 4.79 Å². The van der Waals surface area contributed by atoms with Crippen LogP contribution in [0.3, 0.4) is 0 Å². The number of carbonyl (C=O) groups is 1. The second kappa shape index (κ2) is 16.0. The minimum absolute atomic E-state index is 0.00574. The van der Waals surface area contributed by atoms with E-state index in [1.165, 1.54) is 116 Å². The molecule has 0 bridgehead atoms. The zero-order valence-electron chi connectivity index (χ0n) is 34.6. The summed E-state index contributed by atoms with van der Waals surface area (Å²) in [6.07, 6.45) is 29.3. The molecule has 4 heteroatoms. The molecule has 10 atom stereocenters. The van der Waals surface area contributed by atoms with Gasteiger partial charge in [-0.25, -0.2) is 0 Å². The summed E-state index contributed by atoms with van der Waals surface area (Å²) in [5, 5.41) is 10.7. The highest BCUT2D eigenvalue weighted by Crippen LogP contribution is 2.76. The lowest BCUT2D eigenvalue weighted by molar-refractivity contribution is -0.254. The van der Waals surface area contributed by atoms with E-state index in [0.29, 0.717) is 40.9 Å². The monoisotopic (exact) mass is 699 g/mol. The van der Waals surface area contributed by atoms with Gasteiger partial charge in [0.2, 0.25) is 0 Å². The summed E-state index contributed by atoms with van der Waals surface area (Å²) in [6, 6.07) is 0. The molecule has 0 radical (unpaired) electrons. The van der Waals surface area contributed by atoms with Crippen LogP contribution in [0.4, 0.5) is 0 Å². The lowest BCUT2D eigenvalue weighted by atomic mass is 9.35. The van der Waals surface area contributed by atoms with Gasteiger partial charge in [-0.2, -0.15) is 0 Å². The first-order chi connectivity index (χ1) is 23.6. The van der Waals surface area contributed by atoms with Crippen LogP contribution in [0.5, 0.6) is 0 Å². The highest BCUT2D eigenvalue weighted by atomic mass is 16.5. The van der Waals surface area contributed by atoms with Crippen LogP contribution in [0.1, 0.15) is 216 Å². The van der Waals surface area contributed by atoms with Crippen LogP contribution in [0.2, 0.25) is 0 Å². The lowest BCUT2D eigenvalue weighted by Crippen LogP contribution is -2.64. The average molecular weight is 699 g/mol. The van der Waals surface area contributed by atoms with Crippen LogP contribution in [0.25, 0.3) is 0 Å². The highest BCUT2D eigenvalue weighted by molar-refractivity contribution is 5.69. The number of fused-ring (bicyclic) bond motifs is 5. The lowest BCUT2D eigenvalue weighted by Gasteiger charge is -2.70. The molecule has 0 aromatic heterocycles. The van der Waals surface area contributed by atoms with Crippen LogP contribution in [0.15, 0.2) is 0 Å². The van der Waals surface area contributed by atoms with Gasteiger partial charge in [0, 0.05) is 11.8 Å². The van der Waals surface area contributed by atoms with Gasteiger partial charge in [-0.15, -0.1) is 0 Å². The molecule has 1 N–H and O–H groups in total. The Bertz CT molecular complexity index is 1110. The van der Waals surface area contributed by atoms with Crippen molar-refractivity contribution in [2.45, 2.75) is 240 Å². The second-order valence-corrected chi connectivity index (χ2v) is 20.7. The molecule has 5 aliphatic rings. The Hall–Kier alpha value is -0.610. The summed E-state index contributed by atoms with van der Waals surface area (Å²) in [5.41, 5.74) is 0.320. The molecule has 1 aliphatic heterocycles. The predicted octanol–water partition coefficient (Wildman–Crippen LogP) is 12.8. The van der Waals surface area contributed by atoms with E-state index >= 15 is 0 Å². The van der Waals surface area contributed by atoms with Gasteiger partial charge in [-0.1, -0.05) is 119 Å². The molecule has 0 aromatic carbocycles. The molecule has 4 saturated carbocycles. The van der Waals surface area contributed by atoms with Crippen molar-refractivity contribution in [3.05, 3.63) is 0 Å². The Balaban J connectivity index is 1.10. The summed E-state index contributed by atoms with van der Waals surface area (Å²) in [5.74, 6) is 2.62. The predicted molar refractivity (Wildman–Crippen MR) is 208 cm³/mol. The van der Waals surface area contributed by atoms with Gasteiger partial charge in [0.1, 0.15) is 6.10 Å². The van der Waals surface area contributed by atoms with E-state index in [1.807, 2.05) is 0 Å². The van der Waals surface area contributed by atoms with Crippen molar-refractivity contribution in [3.63, 3.8) is 0 Å². The number of carbonyl (C=O) groups excluding carboxylic acids is 1. The van der Waals surface area contributed by atoms with E-state index in [9.17, 15) is 9.90 Å². The fraction of sp³-hybridized carbons (Fsp3) is 0.978. The molecule has 4 nitrogen and oxygen atoms in total. The van der Waals surface area contributed by atoms with Gasteiger partial charge >= 0.3 is 5.97 Å². The molecule has 0 unspecified atom stereocenters. The molecule has 0 amide bonds. The maximum absolute atomic E-state index is 13.2. The van der Waals surface area contributed by atoms with E-state index in [0.717, 1.165) is 32.1 Å². The van der Waals surface area contributed by atoms with Crippen molar-refractivity contribution in [2.24, 2.45) is 45.3 Å². The highest BCUT2D eigenvalue weighted by Gasteiger charge is 2.70. The van der Waals surface area contributed by atoms with Crippen molar-refractivity contribution in [1.82, 2.24) is 0 Å². The third kappa shape index (κ3) is 7.79. The van der Waals surface area contributed by atoms with E-state index in [4.69, 9.17) is 9.47 Å². The first-order valence-corrected chi connectivity index (χ1v) is 22.1. The third-order valence-corrected chi connectivity index (χ3v) is 17.1. The van der Waals surface area contributed by atoms with Gasteiger partial charge < -0.3 is 14.6 Å². The number of hydrogen-bond donors (Lipinski definition) is 1. The van der Waals surface area contributed by atoms with Crippen LogP contribution in [-0.4, -0.2) is 34.5 Å². The summed E-state index contributed by atoms with van der Waals surface area (Å²) in [6.45, 7) is 21.8. The molecule has 1 heterocycles. The standard InChI is InChI=1S/C46H82O4/c1-10-11-12-13-14-15-16-17-18-19-20-21-22-23-40(48)49-39-29-30-43(6)36(41(39,2)3)27-32-45(8)37(43)25-24-34-35(26-31-44(34,45)7)46(9)33-28-38(47)42(4,5)50-46/h34-39,47H,10-33H2,1-9H3/t34-,35+,36+,37-,38+,39+,43+,44-,45-,46+/m1/s1. The largest absolute Gasteiger partial charge is 0.462 e. The number of hydrogen-bond acceptors (Lipinski definition) is 4. The maximum atomic E-state index is 13.2. The van der Waals surface area contributed by atoms with Crippen molar-refractivity contribution in [1.29, 1.82) is 0 Å². The molecular formula is C46H82O4. The van der Waals surface area contributed by atoms with Gasteiger partial charge in [0.25, 0.3) is 0 Å². The van der Waals surface area contributed by atoms with Gasteiger partial charge in [0.05, 0.1) is 17.3 Å². The minimum Gasteiger partial charge on any atom is -0.462 e. The zero-order valence-corrected chi connectivity index (χ0v) is 34.6. The Morgan fingerprint density at radius 1 is 0.620 bits per heavy atom. The molecule has 290 valence electrons. The average Bonchev–Trinajstić information content (AvgIpc) is 3.42. The van der Waals surface area contributed by atoms with Crippen LogP contribution >= 0.6 is 0 Å². The number of aliphatic hydroxyl groups excluding tert-OH is 1. The normalized spacial score (nSPS) is 42.0. The first kappa shape index (κ1) is 40.6. The third-order valence-electron chi connectivity index (χ3n) is 17.1. The Morgan fingerprint density at radius 3 is 1.80 bits per heavy atom. The number of ether oxygens (including phenoxy) is 2. The van der Waals surface area contributed by atoms with Gasteiger partial charge in [0.15, 0.2) is 0 Å². The zero-order chi connectivity index (χ0) is 36.4. The second-order valence-electron chi connectivity index (χ2n) is 20.7. The molecule has 4 aliphatic carbocycles. The number of rotatable bonds is 16. The van der Waals surface area contributed by atoms with Crippen LogP contribution < -0.4 is 0 Å². The summed E-state index contributed by atoms with van der Waals surface area (Å²) in [4.78, 5) is 13.2. The molecule has 0 aromatic rings. The minimum atomic E-state index is -0.473. The number of unbranched alkanes of at least 4 members (excludes halogenated alkanes) is 12. The first-order valence-electron chi connectivity index (χ1n) is 22.1. The van der Waals surface area contributed by atoms with Crippen molar-refractivity contribution in [2.75, 3.05) is 0 Å². The molecule has 5 rings (SSSR count). The topological polar surface area (TPSA) is 55.8 Å². The molecule has 5 fully saturated rings. The SMILES string of the molecule is CCCCCCCCCCCCCCCC(=O)O[C@H]1CC[C@]2(C)[C@H]3CC[C@@H]4[C@@H]([C@]5(C)CC[C@H](O)C(C)(C)O5)CC[C@@]4(C)[C@]3(C)CC[C@H]2C1(C)C. The number of esters is 1. The Labute approximate surface area is 309 Å². The van der Waals surface area contributed by atoms with E-state index < -0.39 is 5.60 Å². The quantitative estimate of drug-likeness (QED) is 0.129. The summed E-state index contributed by atoms with van der Waals surface area (Å²) in [7, 11) is 0. The molecule has 0 spiro atoms. The van der Waals surface area contributed by atoms with Gasteiger partial charge in [-0.05, 0) is 131 Å². The van der Waals surface area contributed by atoms with Crippen molar-refractivity contribution >= 4 is 5.97 Å². The Kier molecular flexibility index (Phi) is 13.0. The van der Waals surface area contributed by atoms with Crippen molar-refractivity contribution in [3.8, 4) is 0 Å². The fourth-order valence-corrected chi connectivity index (χ4v) is 13.9. The van der Waals surface area contributed by atoms with E-state index in [-0.39, 0.29) is 34.6 Å². The van der Waals surface area contributed by atoms with Crippen molar-refractivity contribution < 1.29 is 19.4 Å². The van der Waals surface area contributed by atoms with E-state index in [2.05, 4.69) is 62.3 Å². The van der Waals surface area contributed by atoms with E-state index in [1.54, 1.807) is 0 Å². The van der Waals surface area contributed by atoms with Crippen LogP contribution in [0, 0.1) is 45.3 Å². The fourth-order valence-electron chi connectivity index (χ4n) is 13.9. The van der Waals surface area contributed by atoms with Crippen LogP contribution in [-0.2, 0) is 14.3 Å². The maximum Gasteiger partial charge on any atom is 0.306 e. The molecular weight excluding hydrogens is 617 g/mol. The summed E-state index contributed by atoms with van der Waals surface area (Å²) < 4.78 is 13.3.